The quantitative estimate of drug-likeness (QED) is 0.783. The Morgan fingerprint density at radius 2 is 2.04 bits per heavy atom. The third-order valence-corrected chi connectivity index (χ3v) is 5.30. The molecule has 0 spiro atoms. The highest BCUT2D eigenvalue weighted by Gasteiger charge is 2.37. The lowest BCUT2D eigenvalue weighted by Gasteiger charge is -2.32. The summed E-state index contributed by atoms with van der Waals surface area (Å²) in [5, 5.41) is 0. The minimum Gasteiger partial charge on any atom is -0.447 e. The van der Waals surface area contributed by atoms with Crippen molar-refractivity contribution in [3.8, 4) is 0 Å². The lowest BCUT2D eigenvalue weighted by atomic mass is 9.93. The predicted octanol–water partition coefficient (Wildman–Crippen LogP) is 2.12. The molecule has 3 rings (SSSR count). The fraction of sp³-hybridized carbons (Fsp3) is 0.684. The molecule has 2 aliphatic heterocycles. The van der Waals surface area contributed by atoms with Gasteiger partial charge in [0.15, 0.2) is 0 Å². The zero-order valence-corrected chi connectivity index (χ0v) is 16.5. The number of nitrogens with zero attached hydrogens (tertiary/aromatic N) is 4. The molecule has 0 aromatic carbocycles. The van der Waals surface area contributed by atoms with Gasteiger partial charge in [0.2, 0.25) is 5.91 Å². The second-order valence-corrected chi connectivity index (χ2v) is 7.54. The van der Waals surface area contributed by atoms with Gasteiger partial charge in [-0.1, -0.05) is 13.8 Å². The molecule has 8 nitrogen and oxygen atoms in total. The van der Waals surface area contributed by atoms with E-state index in [0.29, 0.717) is 31.3 Å². The van der Waals surface area contributed by atoms with Gasteiger partial charge in [-0.2, -0.15) is 0 Å². The molecule has 0 aliphatic carbocycles. The zero-order valence-electron chi connectivity index (χ0n) is 16.5. The summed E-state index contributed by atoms with van der Waals surface area (Å²) in [6.07, 6.45) is 1.32. The van der Waals surface area contributed by atoms with Crippen LogP contribution in [0.25, 0.3) is 0 Å². The van der Waals surface area contributed by atoms with Crippen LogP contribution in [0.2, 0.25) is 0 Å². The van der Waals surface area contributed by atoms with Gasteiger partial charge in [-0.05, 0) is 25.7 Å². The van der Waals surface area contributed by atoms with Crippen LogP contribution in [-0.2, 0) is 14.3 Å². The summed E-state index contributed by atoms with van der Waals surface area (Å²) in [7, 11) is 1.53. The molecule has 0 bridgehead atoms. The molecule has 1 aromatic heterocycles. The van der Waals surface area contributed by atoms with E-state index >= 15 is 0 Å². The van der Waals surface area contributed by atoms with Crippen LogP contribution in [-0.4, -0.2) is 66.3 Å². The maximum absolute atomic E-state index is 12.3. The number of rotatable bonds is 5. The maximum Gasteiger partial charge on any atom is 0.415 e. The van der Waals surface area contributed by atoms with Crippen molar-refractivity contribution in [2.24, 2.45) is 5.92 Å². The summed E-state index contributed by atoms with van der Waals surface area (Å²) in [4.78, 5) is 36.8. The number of methoxy groups -OCH3 is 1. The van der Waals surface area contributed by atoms with Gasteiger partial charge in [0.1, 0.15) is 24.9 Å². The molecule has 148 valence electrons. The number of cyclic esters (lactones) is 1. The number of hydrogen-bond acceptors (Lipinski definition) is 6. The van der Waals surface area contributed by atoms with Crippen molar-refractivity contribution in [3.63, 3.8) is 0 Å². The number of aryl methyl sites for hydroxylation is 1. The fourth-order valence-electron chi connectivity index (χ4n) is 3.74. The van der Waals surface area contributed by atoms with Gasteiger partial charge in [-0.25, -0.2) is 14.8 Å². The monoisotopic (exact) mass is 376 g/mol. The smallest absolute Gasteiger partial charge is 0.415 e. The Balaban J connectivity index is 1.77. The number of anilines is 1. The third kappa shape index (κ3) is 4.21. The molecule has 0 saturated carbocycles. The fourth-order valence-corrected chi connectivity index (χ4v) is 3.74. The molecule has 0 radical (unpaired) electrons. The Hall–Kier alpha value is -2.22. The number of carbonyl (C=O) groups is 2. The van der Waals surface area contributed by atoms with Crippen molar-refractivity contribution in [3.05, 3.63) is 17.6 Å². The molecular formula is C19H28N4O4. The zero-order chi connectivity index (χ0) is 19.6. The van der Waals surface area contributed by atoms with Gasteiger partial charge in [-0.3, -0.25) is 9.69 Å². The summed E-state index contributed by atoms with van der Waals surface area (Å²) in [5.74, 6) is 1.78. The molecule has 0 N–H and O–H groups in total. The highest BCUT2D eigenvalue weighted by molar-refractivity contribution is 5.89. The topological polar surface area (TPSA) is 84.9 Å². The van der Waals surface area contributed by atoms with Gasteiger partial charge in [0.25, 0.3) is 0 Å². The Bertz CT molecular complexity index is 701. The van der Waals surface area contributed by atoms with E-state index in [4.69, 9.17) is 9.47 Å². The summed E-state index contributed by atoms with van der Waals surface area (Å²) in [6.45, 7) is 7.86. The summed E-state index contributed by atoms with van der Waals surface area (Å²) < 4.78 is 10.2. The molecule has 2 aliphatic rings. The molecule has 27 heavy (non-hydrogen) atoms. The largest absolute Gasteiger partial charge is 0.447 e. The van der Waals surface area contributed by atoms with E-state index < -0.39 is 0 Å². The van der Waals surface area contributed by atoms with Crippen LogP contribution in [0.3, 0.4) is 0 Å². The molecule has 2 saturated heterocycles. The van der Waals surface area contributed by atoms with E-state index in [-0.39, 0.29) is 36.5 Å². The molecule has 1 aromatic rings. The van der Waals surface area contributed by atoms with Gasteiger partial charge < -0.3 is 14.4 Å². The highest BCUT2D eigenvalue weighted by atomic mass is 16.6. The van der Waals surface area contributed by atoms with Crippen molar-refractivity contribution >= 4 is 17.8 Å². The standard InChI is InChI=1S/C19H28N4O4/c1-12(2)16-10-27-19(25)23(16)17-9-15(20-13(3)21-17)14-5-7-22(8-6-14)18(24)11-26-4/h9,12,14,16H,5-8,10-11H2,1-4H3/t16-/m1/s1. The van der Waals surface area contributed by atoms with Crippen molar-refractivity contribution in [1.29, 1.82) is 0 Å². The number of piperidine rings is 1. The van der Waals surface area contributed by atoms with Gasteiger partial charge >= 0.3 is 6.09 Å². The number of aromatic nitrogens is 2. The first kappa shape index (κ1) is 19.5. The van der Waals surface area contributed by atoms with Crippen molar-refractivity contribution < 1.29 is 19.1 Å². The maximum atomic E-state index is 12.3. The molecule has 2 amide bonds. The number of carbonyl (C=O) groups excluding carboxylic acids is 2. The van der Waals surface area contributed by atoms with Crippen LogP contribution in [0.1, 0.15) is 44.1 Å². The van der Waals surface area contributed by atoms with Gasteiger partial charge in [0, 0.05) is 37.9 Å². The average molecular weight is 376 g/mol. The van der Waals surface area contributed by atoms with E-state index in [0.717, 1.165) is 18.5 Å². The van der Waals surface area contributed by atoms with Crippen molar-refractivity contribution in [2.45, 2.75) is 45.6 Å². The number of likely N-dealkylation sites (tertiary alicyclic amines) is 1. The molecule has 0 unspecified atom stereocenters. The Kier molecular flexibility index (Phi) is 5.94. The van der Waals surface area contributed by atoms with E-state index in [1.165, 1.54) is 7.11 Å². The van der Waals surface area contributed by atoms with E-state index in [1.807, 2.05) is 17.9 Å². The molecular weight excluding hydrogens is 348 g/mol. The van der Waals surface area contributed by atoms with Crippen LogP contribution >= 0.6 is 0 Å². The Morgan fingerprint density at radius 1 is 1.33 bits per heavy atom. The second-order valence-electron chi connectivity index (χ2n) is 7.54. The normalized spacial score (nSPS) is 21.1. The second kappa shape index (κ2) is 8.21. The summed E-state index contributed by atoms with van der Waals surface area (Å²) in [5.41, 5.74) is 0.929. The van der Waals surface area contributed by atoms with Crippen LogP contribution in [0, 0.1) is 12.8 Å². The number of ether oxygens (including phenoxy) is 2. The summed E-state index contributed by atoms with van der Waals surface area (Å²) in [6, 6.07) is 1.89. The highest BCUT2D eigenvalue weighted by Crippen LogP contribution is 2.31. The van der Waals surface area contributed by atoms with E-state index in [1.54, 1.807) is 4.90 Å². The predicted molar refractivity (Wildman–Crippen MR) is 99.7 cm³/mol. The van der Waals surface area contributed by atoms with Crippen LogP contribution in [0.15, 0.2) is 6.07 Å². The number of hydrogen-bond donors (Lipinski definition) is 0. The van der Waals surface area contributed by atoms with E-state index in [9.17, 15) is 9.59 Å². The van der Waals surface area contributed by atoms with Crippen molar-refractivity contribution in [1.82, 2.24) is 14.9 Å². The first-order chi connectivity index (χ1) is 12.9. The first-order valence-electron chi connectivity index (χ1n) is 9.49. The van der Waals surface area contributed by atoms with Crippen LogP contribution in [0.5, 0.6) is 0 Å². The van der Waals surface area contributed by atoms with Crippen LogP contribution in [0.4, 0.5) is 10.6 Å². The average Bonchev–Trinajstić information content (AvgIpc) is 3.03. The summed E-state index contributed by atoms with van der Waals surface area (Å²) >= 11 is 0. The minimum atomic E-state index is -0.349. The Labute approximate surface area is 159 Å². The number of amides is 2. The molecule has 1 atom stereocenters. The Morgan fingerprint density at radius 3 is 2.67 bits per heavy atom. The minimum absolute atomic E-state index is 0.0202. The van der Waals surface area contributed by atoms with Crippen LogP contribution < -0.4 is 4.90 Å². The van der Waals surface area contributed by atoms with Gasteiger partial charge in [-0.15, -0.1) is 0 Å². The van der Waals surface area contributed by atoms with E-state index in [2.05, 4.69) is 23.8 Å². The first-order valence-corrected chi connectivity index (χ1v) is 9.49. The lowest BCUT2D eigenvalue weighted by molar-refractivity contribution is -0.136. The third-order valence-electron chi connectivity index (χ3n) is 5.30. The molecule has 8 heteroatoms. The molecule has 3 heterocycles. The molecule has 2 fully saturated rings. The SMILES string of the molecule is COCC(=O)N1CCC(c2cc(N3C(=O)OC[C@@H]3C(C)C)nc(C)n2)CC1. The van der Waals surface area contributed by atoms with Gasteiger partial charge in [0.05, 0.1) is 6.04 Å². The van der Waals surface area contributed by atoms with Crippen molar-refractivity contribution in [2.75, 3.05) is 38.3 Å². The lowest BCUT2D eigenvalue weighted by Crippen LogP contribution is -2.40.